The number of alkyl halides is 3. The minimum absolute atomic E-state index is 0.644. The van der Waals surface area contributed by atoms with Crippen molar-refractivity contribution in [3.05, 3.63) is 66.4 Å². The zero-order valence-electron chi connectivity index (χ0n) is 10.4. The average molecular weight is 273 g/mol. The minimum atomic E-state index is -4.31. The Hall–Kier alpha value is -2.36. The van der Waals surface area contributed by atoms with Gasteiger partial charge in [0.2, 0.25) is 0 Å². The Bertz CT molecular complexity index is 740. The molecule has 0 amide bonds. The highest BCUT2D eigenvalue weighted by Crippen LogP contribution is 2.32. The third-order valence-corrected chi connectivity index (χ3v) is 3.16. The molecule has 1 aromatic heterocycles. The first-order valence-electron chi connectivity index (χ1n) is 6.07. The molecule has 2 aromatic carbocycles. The molecule has 20 heavy (non-hydrogen) atoms. The first-order chi connectivity index (χ1) is 9.55. The number of nitrogens with zero attached hydrogens (tertiary/aromatic N) is 1. The molecule has 3 aromatic rings. The van der Waals surface area contributed by atoms with Gasteiger partial charge in [0.25, 0.3) is 0 Å². The van der Waals surface area contributed by atoms with Crippen molar-refractivity contribution >= 4 is 10.9 Å². The third-order valence-electron chi connectivity index (χ3n) is 3.16. The van der Waals surface area contributed by atoms with Crippen LogP contribution in [0.2, 0.25) is 0 Å². The van der Waals surface area contributed by atoms with Gasteiger partial charge in [0.15, 0.2) is 0 Å². The van der Waals surface area contributed by atoms with Gasteiger partial charge in [-0.2, -0.15) is 13.2 Å². The molecule has 0 saturated heterocycles. The summed E-state index contributed by atoms with van der Waals surface area (Å²) < 4.78 is 37.7. The second-order valence-corrected chi connectivity index (χ2v) is 4.46. The van der Waals surface area contributed by atoms with E-state index < -0.39 is 11.7 Å². The lowest BCUT2D eigenvalue weighted by Crippen LogP contribution is -2.04. The van der Waals surface area contributed by atoms with Crippen LogP contribution in [-0.4, -0.2) is 4.98 Å². The fourth-order valence-corrected chi connectivity index (χ4v) is 2.18. The van der Waals surface area contributed by atoms with Gasteiger partial charge in [0.05, 0.1) is 11.1 Å². The van der Waals surface area contributed by atoms with Gasteiger partial charge in [-0.1, -0.05) is 36.4 Å². The van der Waals surface area contributed by atoms with E-state index in [4.69, 9.17) is 0 Å². The summed E-state index contributed by atoms with van der Waals surface area (Å²) >= 11 is 0. The molecule has 0 N–H and O–H groups in total. The molecule has 0 aliphatic heterocycles. The van der Waals surface area contributed by atoms with Crippen LogP contribution in [0.15, 0.2) is 60.8 Å². The number of pyridine rings is 1. The summed E-state index contributed by atoms with van der Waals surface area (Å²) in [6.07, 6.45) is -2.63. The van der Waals surface area contributed by atoms with E-state index in [2.05, 4.69) is 4.98 Å². The summed E-state index contributed by atoms with van der Waals surface area (Å²) in [5.74, 6) is 0. The molecule has 4 heteroatoms. The number of para-hydroxylation sites is 1. The molecule has 0 saturated carbocycles. The highest BCUT2D eigenvalue weighted by Gasteiger charge is 2.29. The third kappa shape index (κ3) is 2.25. The first kappa shape index (κ1) is 12.7. The Kier molecular flexibility index (Phi) is 2.93. The van der Waals surface area contributed by atoms with Crippen molar-refractivity contribution < 1.29 is 13.2 Å². The highest BCUT2D eigenvalue weighted by molar-refractivity contribution is 5.93. The highest BCUT2D eigenvalue weighted by atomic mass is 19.4. The lowest BCUT2D eigenvalue weighted by Gasteiger charge is -2.09. The maximum atomic E-state index is 12.6. The van der Waals surface area contributed by atoms with Gasteiger partial charge < -0.3 is 0 Å². The van der Waals surface area contributed by atoms with Crippen molar-refractivity contribution in [2.75, 3.05) is 0 Å². The standard InChI is InChI=1S/C16H10F3N/c17-16(18,19)13-8-6-11(7-9-13)14-5-1-3-12-4-2-10-20-15(12)14/h1-10H. The SMILES string of the molecule is FC(F)(F)c1ccc(-c2cccc3cccnc23)cc1. The molecule has 0 aliphatic rings. The van der Waals surface area contributed by atoms with Crippen molar-refractivity contribution in [2.24, 2.45) is 0 Å². The van der Waals surface area contributed by atoms with E-state index >= 15 is 0 Å². The fraction of sp³-hybridized carbons (Fsp3) is 0.0625. The van der Waals surface area contributed by atoms with Gasteiger partial charge in [0, 0.05) is 17.1 Å². The Morgan fingerprint density at radius 2 is 1.50 bits per heavy atom. The normalized spacial score (nSPS) is 11.8. The zero-order chi connectivity index (χ0) is 14.2. The van der Waals surface area contributed by atoms with Gasteiger partial charge in [-0.05, 0) is 23.8 Å². The molecule has 100 valence electrons. The van der Waals surface area contributed by atoms with Crippen LogP contribution in [0.4, 0.5) is 13.2 Å². The molecule has 0 aliphatic carbocycles. The summed E-state index contributed by atoms with van der Waals surface area (Å²) in [6, 6.07) is 14.6. The molecule has 0 atom stereocenters. The van der Waals surface area contributed by atoms with Crippen LogP contribution in [-0.2, 0) is 6.18 Å². The van der Waals surface area contributed by atoms with E-state index in [1.54, 1.807) is 6.20 Å². The Morgan fingerprint density at radius 1 is 0.800 bits per heavy atom. The number of fused-ring (bicyclic) bond motifs is 1. The molecule has 0 fully saturated rings. The van der Waals surface area contributed by atoms with Crippen LogP contribution in [0.25, 0.3) is 22.0 Å². The average Bonchev–Trinajstić information content (AvgIpc) is 2.46. The van der Waals surface area contributed by atoms with Crippen molar-refractivity contribution in [2.45, 2.75) is 6.18 Å². The second-order valence-electron chi connectivity index (χ2n) is 4.46. The van der Waals surface area contributed by atoms with Crippen molar-refractivity contribution in [3.63, 3.8) is 0 Å². The quantitative estimate of drug-likeness (QED) is 0.613. The molecule has 1 heterocycles. The van der Waals surface area contributed by atoms with Crippen LogP contribution in [0, 0.1) is 0 Å². The maximum absolute atomic E-state index is 12.6. The topological polar surface area (TPSA) is 12.9 Å². The second kappa shape index (κ2) is 4.63. The van der Waals surface area contributed by atoms with Gasteiger partial charge >= 0.3 is 6.18 Å². The molecule has 0 radical (unpaired) electrons. The Labute approximate surface area is 113 Å². The summed E-state index contributed by atoms with van der Waals surface area (Å²) in [7, 11) is 0. The molecule has 0 spiro atoms. The number of hydrogen-bond donors (Lipinski definition) is 0. The van der Waals surface area contributed by atoms with Crippen LogP contribution >= 0.6 is 0 Å². The summed E-state index contributed by atoms with van der Waals surface area (Å²) in [5.41, 5.74) is 1.70. The van der Waals surface area contributed by atoms with Crippen molar-refractivity contribution in [1.29, 1.82) is 0 Å². The van der Waals surface area contributed by atoms with Crippen LogP contribution in [0.5, 0.6) is 0 Å². The van der Waals surface area contributed by atoms with Gasteiger partial charge in [0.1, 0.15) is 0 Å². The molecule has 3 rings (SSSR count). The summed E-state index contributed by atoms with van der Waals surface area (Å²) in [4.78, 5) is 4.31. The van der Waals surface area contributed by atoms with E-state index in [0.717, 1.165) is 34.2 Å². The monoisotopic (exact) mass is 273 g/mol. The molecular weight excluding hydrogens is 263 g/mol. The number of hydrogen-bond acceptors (Lipinski definition) is 1. The van der Waals surface area contributed by atoms with Crippen molar-refractivity contribution in [1.82, 2.24) is 4.98 Å². The van der Waals surface area contributed by atoms with E-state index in [-0.39, 0.29) is 0 Å². The largest absolute Gasteiger partial charge is 0.416 e. The predicted octanol–water partition coefficient (Wildman–Crippen LogP) is 4.92. The molecular formula is C16H10F3N. The number of rotatable bonds is 1. The van der Waals surface area contributed by atoms with Crippen LogP contribution in [0.3, 0.4) is 0 Å². The lowest BCUT2D eigenvalue weighted by atomic mass is 10.0. The Morgan fingerprint density at radius 3 is 2.20 bits per heavy atom. The smallest absolute Gasteiger partial charge is 0.256 e. The van der Waals surface area contributed by atoms with E-state index in [1.165, 1.54) is 12.1 Å². The minimum Gasteiger partial charge on any atom is -0.256 e. The number of halogens is 3. The number of aromatic nitrogens is 1. The molecule has 0 unspecified atom stereocenters. The maximum Gasteiger partial charge on any atom is 0.416 e. The molecule has 0 bridgehead atoms. The van der Waals surface area contributed by atoms with Crippen LogP contribution in [0.1, 0.15) is 5.56 Å². The Balaban J connectivity index is 2.12. The summed E-state index contributed by atoms with van der Waals surface area (Å²) in [5, 5.41) is 0.963. The van der Waals surface area contributed by atoms with Gasteiger partial charge in [-0.25, -0.2) is 0 Å². The van der Waals surface area contributed by atoms with Crippen molar-refractivity contribution in [3.8, 4) is 11.1 Å². The van der Waals surface area contributed by atoms with Gasteiger partial charge in [-0.15, -0.1) is 0 Å². The zero-order valence-corrected chi connectivity index (χ0v) is 10.4. The van der Waals surface area contributed by atoms with Crippen LogP contribution < -0.4 is 0 Å². The van der Waals surface area contributed by atoms with E-state index in [0.29, 0.717) is 0 Å². The number of benzene rings is 2. The lowest BCUT2D eigenvalue weighted by molar-refractivity contribution is -0.137. The predicted molar refractivity (Wildman–Crippen MR) is 72.2 cm³/mol. The fourth-order valence-electron chi connectivity index (χ4n) is 2.18. The van der Waals surface area contributed by atoms with E-state index in [1.807, 2.05) is 30.3 Å². The van der Waals surface area contributed by atoms with E-state index in [9.17, 15) is 13.2 Å². The first-order valence-corrected chi connectivity index (χ1v) is 6.07. The summed E-state index contributed by atoms with van der Waals surface area (Å²) in [6.45, 7) is 0. The molecule has 1 nitrogen and oxygen atoms in total. The van der Waals surface area contributed by atoms with Gasteiger partial charge in [-0.3, -0.25) is 4.98 Å².